The summed E-state index contributed by atoms with van der Waals surface area (Å²) in [6, 6.07) is 0. The van der Waals surface area contributed by atoms with Gasteiger partial charge in [0.15, 0.2) is 12.2 Å². The number of carbonyl (C=O) groups is 4. The molecular formula is C72H136O17P2. The summed E-state index contributed by atoms with van der Waals surface area (Å²) in [7, 11) is -9.92. The smallest absolute Gasteiger partial charge is 0.462 e. The van der Waals surface area contributed by atoms with Crippen LogP contribution >= 0.6 is 15.6 Å². The minimum absolute atomic E-state index is 0.0855. The van der Waals surface area contributed by atoms with Gasteiger partial charge in [0.25, 0.3) is 0 Å². The zero-order valence-electron chi connectivity index (χ0n) is 58.5. The van der Waals surface area contributed by atoms with Gasteiger partial charge >= 0.3 is 39.5 Å². The van der Waals surface area contributed by atoms with E-state index in [2.05, 4.69) is 58.9 Å². The van der Waals surface area contributed by atoms with Gasteiger partial charge in [0.1, 0.15) is 19.3 Å². The molecule has 19 heteroatoms. The molecule has 0 aliphatic carbocycles. The van der Waals surface area contributed by atoms with Crippen molar-refractivity contribution >= 4 is 39.5 Å². The lowest BCUT2D eigenvalue weighted by atomic mass is 9.99. The highest BCUT2D eigenvalue weighted by molar-refractivity contribution is 7.47. The average Bonchev–Trinajstić information content (AvgIpc) is 3.74. The number of allylic oxidation sites excluding steroid dienone is 4. The SMILES string of the molecule is CCCCCC/C=C\C=C/CCCCCCCC(=O)O[C@H](COC(=O)CCCCCCCCCCCCCCC)COP(=O)(O)OC[C@@H](O)COP(=O)(O)OC[C@@H](COC(=O)CCCCCCCCCCCCC)OC(=O)CCCCCCCCCCC(C)CC. The van der Waals surface area contributed by atoms with Crippen LogP contribution in [0.5, 0.6) is 0 Å². The maximum Gasteiger partial charge on any atom is 0.472 e. The van der Waals surface area contributed by atoms with Crippen LogP contribution in [0.3, 0.4) is 0 Å². The highest BCUT2D eigenvalue weighted by Crippen LogP contribution is 2.45. The molecule has 0 aliphatic rings. The summed E-state index contributed by atoms with van der Waals surface area (Å²) in [5.74, 6) is -1.38. The summed E-state index contributed by atoms with van der Waals surface area (Å²) in [4.78, 5) is 72.6. The molecule has 536 valence electrons. The lowest BCUT2D eigenvalue weighted by Gasteiger charge is -2.21. The Hall–Kier alpha value is -2.46. The average molecular weight is 1340 g/mol. The topological polar surface area (TPSA) is 237 Å². The van der Waals surface area contributed by atoms with Gasteiger partial charge in [0.05, 0.1) is 26.4 Å². The summed E-state index contributed by atoms with van der Waals surface area (Å²) in [5.41, 5.74) is 0. The van der Waals surface area contributed by atoms with Crippen molar-refractivity contribution < 1.29 is 80.2 Å². The number of hydrogen-bond donors (Lipinski definition) is 3. The first-order valence-electron chi connectivity index (χ1n) is 37.0. The number of phosphoric ester groups is 2. The van der Waals surface area contributed by atoms with Crippen LogP contribution in [0.4, 0.5) is 0 Å². The Balaban J connectivity index is 5.30. The van der Waals surface area contributed by atoms with Crippen LogP contribution in [0.1, 0.15) is 349 Å². The van der Waals surface area contributed by atoms with Crippen molar-refractivity contribution in [3.05, 3.63) is 24.3 Å². The van der Waals surface area contributed by atoms with Crippen LogP contribution in [0, 0.1) is 5.92 Å². The molecule has 0 aliphatic heterocycles. The largest absolute Gasteiger partial charge is 0.472 e. The number of ether oxygens (including phenoxy) is 4. The van der Waals surface area contributed by atoms with E-state index in [-0.39, 0.29) is 25.7 Å². The van der Waals surface area contributed by atoms with Crippen molar-refractivity contribution in [1.29, 1.82) is 0 Å². The van der Waals surface area contributed by atoms with Crippen molar-refractivity contribution in [3.63, 3.8) is 0 Å². The van der Waals surface area contributed by atoms with Crippen molar-refractivity contribution in [2.75, 3.05) is 39.6 Å². The van der Waals surface area contributed by atoms with Gasteiger partial charge in [0.2, 0.25) is 0 Å². The van der Waals surface area contributed by atoms with Gasteiger partial charge in [-0.25, -0.2) is 9.13 Å². The van der Waals surface area contributed by atoms with Crippen LogP contribution in [0.15, 0.2) is 24.3 Å². The zero-order chi connectivity index (χ0) is 67.0. The molecular weight excluding hydrogens is 1200 g/mol. The Labute approximate surface area is 554 Å². The van der Waals surface area contributed by atoms with E-state index in [1.807, 2.05) is 0 Å². The molecule has 0 saturated heterocycles. The van der Waals surface area contributed by atoms with Gasteiger partial charge in [-0.3, -0.25) is 37.3 Å². The van der Waals surface area contributed by atoms with Crippen LogP contribution in [-0.4, -0.2) is 96.7 Å². The lowest BCUT2D eigenvalue weighted by Crippen LogP contribution is -2.30. The monoisotopic (exact) mass is 1330 g/mol. The Morgan fingerprint density at radius 1 is 0.352 bits per heavy atom. The second-order valence-corrected chi connectivity index (χ2v) is 28.4. The fourth-order valence-corrected chi connectivity index (χ4v) is 12.0. The van der Waals surface area contributed by atoms with Gasteiger partial charge in [0, 0.05) is 25.7 Å². The second kappa shape index (κ2) is 64.9. The Morgan fingerprint density at radius 2 is 0.615 bits per heavy atom. The van der Waals surface area contributed by atoms with Crippen LogP contribution in [0.25, 0.3) is 0 Å². The lowest BCUT2D eigenvalue weighted by molar-refractivity contribution is -0.161. The molecule has 3 N–H and O–H groups in total. The molecule has 6 atom stereocenters. The van der Waals surface area contributed by atoms with Gasteiger partial charge < -0.3 is 33.8 Å². The van der Waals surface area contributed by atoms with Crippen molar-refractivity contribution in [2.24, 2.45) is 5.92 Å². The second-order valence-electron chi connectivity index (χ2n) is 25.5. The number of phosphoric acid groups is 2. The fourth-order valence-electron chi connectivity index (χ4n) is 10.4. The van der Waals surface area contributed by atoms with Gasteiger partial charge in [-0.1, -0.05) is 296 Å². The molecule has 91 heavy (non-hydrogen) atoms. The van der Waals surface area contributed by atoms with Crippen molar-refractivity contribution in [1.82, 2.24) is 0 Å². The van der Waals surface area contributed by atoms with E-state index in [1.165, 1.54) is 161 Å². The first-order valence-corrected chi connectivity index (χ1v) is 40.0. The first-order chi connectivity index (χ1) is 44.1. The third kappa shape index (κ3) is 64.6. The number of rotatable bonds is 70. The van der Waals surface area contributed by atoms with E-state index < -0.39 is 97.5 Å². The predicted molar refractivity (Wildman–Crippen MR) is 368 cm³/mol. The van der Waals surface area contributed by atoms with E-state index in [9.17, 15) is 43.2 Å². The third-order valence-corrected chi connectivity index (χ3v) is 18.4. The highest BCUT2D eigenvalue weighted by atomic mass is 31.2. The maximum absolute atomic E-state index is 13.0. The predicted octanol–water partition coefficient (Wildman–Crippen LogP) is 20.5. The van der Waals surface area contributed by atoms with Crippen LogP contribution < -0.4 is 0 Å². The van der Waals surface area contributed by atoms with Crippen LogP contribution in [-0.2, 0) is 65.4 Å². The highest BCUT2D eigenvalue weighted by Gasteiger charge is 2.30. The standard InChI is InChI=1S/C72H136O17P2/c1-6-10-13-16-19-22-25-27-28-30-33-36-42-47-52-57-71(76)88-67(61-83-70(75)56-51-46-41-35-32-29-26-23-20-17-14-11-7-2)63-86-90(78,79)84-59-66(73)60-85-91(80,81)87-64-68(62-82-69(74)55-50-45-40-34-31-24-21-18-15-12-8-3)89-72(77)58-53-48-43-38-37-39-44-49-54-65(5)9-4/h22,25,27-28,65-68,73H,6-21,23-24,26,29-64H2,1-5H3,(H,78,79)(H,80,81)/b25-22-,28-27-/t65?,66-,67-,68-/m1/s1. The number of aliphatic hydroxyl groups is 1. The summed E-state index contributed by atoms with van der Waals surface area (Å²) in [6.45, 7) is 7.19. The van der Waals surface area contributed by atoms with Gasteiger partial charge in [-0.05, 0) is 57.3 Å². The van der Waals surface area contributed by atoms with Crippen molar-refractivity contribution in [3.8, 4) is 0 Å². The Bertz CT molecular complexity index is 1850. The first kappa shape index (κ1) is 88.5. The molecule has 0 bridgehead atoms. The molecule has 0 fully saturated rings. The summed E-state index contributed by atoms with van der Waals surface area (Å²) in [5, 5.41) is 10.6. The minimum atomic E-state index is -4.96. The molecule has 0 radical (unpaired) electrons. The van der Waals surface area contributed by atoms with Crippen molar-refractivity contribution in [2.45, 2.75) is 368 Å². The third-order valence-electron chi connectivity index (χ3n) is 16.5. The quantitative estimate of drug-likeness (QED) is 0.0169. The maximum atomic E-state index is 13.0. The normalized spacial score (nSPS) is 14.5. The van der Waals surface area contributed by atoms with E-state index >= 15 is 0 Å². The molecule has 0 spiro atoms. The molecule has 0 aromatic rings. The summed E-state index contributed by atoms with van der Waals surface area (Å²) >= 11 is 0. The molecule has 0 rings (SSSR count). The molecule has 0 heterocycles. The fraction of sp³-hybridized carbons (Fsp3) is 0.889. The Morgan fingerprint density at radius 3 is 0.934 bits per heavy atom. The van der Waals surface area contributed by atoms with E-state index in [1.54, 1.807) is 0 Å². The Kier molecular flexibility index (Phi) is 63.1. The zero-order valence-corrected chi connectivity index (χ0v) is 60.3. The molecule has 3 unspecified atom stereocenters. The summed E-state index contributed by atoms with van der Waals surface area (Å²) < 4.78 is 68.3. The molecule has 0 amide bonds. The van der Waals surface area contributed by atoms with E-state index in [0.29, 0.717) is 25.7 Å². The van der Waals surface area contributed by atoms with Gasteiger partial charge in [-0.15, -0.1) is 0 Å². The number of hydrogen-bond acceptors (Lipinski definition) is 15. The van der Waals surface area contributed by atoms with Crippen LogP contribution in [0.2, 0.25) is 0 Å². The number of esters is 4. The van der Waals surface area contributed by atoms with E-state index in [0.717, 1.165) is 109 Å². The van der Waals surface area contributed by atoms with E-state index in [4.69, 9.17) is 37.0 Å². The van der Waals surface area contributed by atoms with Gasteiger partial charge in [-0.2, -0.15) is 0 Å². The molecule has 0 saturated carbocycles. The number of aliphatic hydroxyl groups excluding tert-OH is 1. The molecule has 0 aromatic carbocycles. The molecule has 17 nitrogen and oxygen atoms in total. The number of unbranched alkanes of at least 4 members (excludes halogenated alkanes) is 38. The summed E-state index contributed by atoms with van der Waals surface area (Å²) in [6.07, 6.45) is 54.7. The molecule has 0 aromatic heterocycles. The minimum Gasteiger partial charge on any atom is -0.462 e. The number of carbonyl (C=O) groups excluding carboxylic acids is 4.